The van der Waals surface area contributed by atoms with Gasteiger partial charge in [0.15, 0.2) is 0 Å². The second kappa shape index (κ2) is 7.24. The van der Waals surface area contributed by atoms with Crippen molar-refractivity contribution in [3.8, 4) is 0 Å². The van der Waals surface area contributed by atoms with E-state index >= 15 is 0 Å². The largest absolute Gasteiger partial charge is 0.377 e. The molecule has 17 heavy (non-hydrogen) atoms. The van der Waals surface area contributed by atoms with E-state index in [0.29, 0.717) is 13.0 Å². The normalized spacial score (nSPS) is 27.9. The molecule has 3 nitrogen and oxygen atoms in total. The summed E-state index contributed by atoms with van der Waals surface area (Å²) >= 11 is 0. The number of likely N-dealkylation sites (tertiary alicyclic amines) is 1. The van der Waals surface area contributed by atoms with Crippen molar-refractivity contribution in [2.75, 3.05) is 19.7 Å². The second-order valence-corrected chi connectivity index (χ2v) is 4.42. The van der Waals surface area contributed by atoms with Gasteiger partial charge in [-0.3, -0.25) is 4.90 Å². The molecule has 1 heterocycles. The van der Waals surface area contributed by atoms with E-state index < -0.39 is 12.7 Å². The third-order valence-electron chi connectivity index (χ3n) is 3.25. The highest BCUT2D eigenvalue weighted by Crippen LogP contribution is 2.26. The Morgan fingerprint density at radius 3 is 2.59 bits per heavy atom. The number of hydrogen-bond acceptors (Lipinski definition) is 3. The standard InChI is InChI=1S/C12H23F2NO2/c1-4-8-16-9(3)11-10(17-12(13)14)6-7-15(11)5-2/h9-12H,4-8H2,1-3H3/t9-,10-,11+/m0/s1. The van der Waals surface area contributed by atoms with Crippen LogP contribution in [0.4, 0.5) is 8.78 Å². The van der Waals surface area contributed by atoms with E-state index in [2.05, 4.69) is 4.90 Å². The molecule has 0 radical (unpaired) electrons. The fourth-order valence-corrected chi connectivity index (χ4v) is 2.50. The van der Waals surface area contributed by atoms with E-state index in [9.17, 15) is 8.78 Å². The minimum Gasteiger partial charge on any atom is -0.377 e. The summed E-state index contributed by atoms with van der Waals surface area (Å²) in [5, 5.41) is 0. The number of halogens is 2. The highest BCUT2D eigenvalue weighted by molar-refractivity contribution is 4.91. The quantitative estimate of drug-likeness (QED) is 0.694. The first-order valence-corrected chi connectivity index (χ1v) is 6.39. The first-order valence-electron chi connectivity index (χ1n) is 6.39. The molecule has 0 aliphatic carbocycles. The van der Waals surface area contributed by atoms with Gasteiger partial charge >= 0.3 is 6.61 Å². The van der Waals surface area contributed by atoms with E-state index in [4.69, 9.17) is 9.47 Å². The van der Waals surface area contributed by atoms with Gasteiger partial charge in [-0.1, -0.05) is 13.8 Å². The van der Waals surface area contributed by atoms with Gasteiger partial charge in [-0.2, -0.15) is 8.78 Å². The summed E-state index contributed by atoms with van der Waals surface area (Å²) in [6.07, 6.45) is 1.11. The minimum absolute atomic E-state index is 0.0550. The van der Waals surface area contributed by atoms with Crippen molar-refractivity contribution in [3.63, 3.8) is 0 Å². The van der Waals surface area contributed by atoms with Gasteiger partial charge < -0.3 is 9.47 Å². The number of hydrogen-bond donors (Lipinski definition) is 0. The maximum Gasteiger partial charge on any atom is 0.345 e. The van der Waals surface area contributed by atoms with Gasteiger partial charge in [-0.05, 0) is 26.3 Å². The van der Waals surface area contributed by atoms with Gasteiger partial charge in [0.05, 0.1) is 18.2 Å². The summed E-state index contributed by atoms with van der Waals surface area (Å²) in [4.78, 5) is 2.16. The summed E-state index contributed by atoms with van der Waals surface area (Å²) < 4.78 is 35.0. The van der Waals surface area contributed by atoms with Gasteiger partial charge in [0.25, 0.3) is 0 Å². The fraction of sp³-hybridized carbons (Fsp3) is 1.00. The van der Waals surface area contributed by atoms with Gasteiger partial charge in [-0.25, -0.2) is 0 Å². The zero-order valence-electron chi connectivity index (χ0n) is 10.9. The summed E-state index contributed by atoms with van der Waals surface area (Å²) in [5.74, 6) is 0. The predicted octanol–water partition coefficient (Wildman–Crippen LogP) is 2.50. The van der Waals surface area contributed by atoms with Crippen LogP contribution in [0, 0.1) is 0 Å². The van der Waals surface area contributed by atoms with Crippen molar-refractivity contribution in [2.45, 2.75) is 58.5 Å². The van der Waals surface area contributed by atoms with Crippen molar-refractivity contribution in [1.82, 2.24) is 4.90 Å². The molecule has 0 unspecified atom stereocenters. The molecule has 1 fully saturated rings. The van der Waals surface area contributed by atoms with Crippen LogP contribution in [0.5, 0.6) is 0 Å². The predicted molar refractivity (Wildman–Crippen MR) is 62.2 cm³/mol. The molecule has 0 aromatic carbocycles. The Morgan fingerprint density at radius 1 is 1.35 bits per heavy atom. The first kappa shape index (κ1) is 14.8. The molecular weight excluding hydrogens is 228 g/mol. The summed E-state index contributed by atoms with van der Waals surface area (Å²) in [6, 6.07) is -0.0550. The zero-order chi connectivity index (χ0) is 12.8. The van der Waals surface area contributed by atoms with Crippen LogP contribution in [-0.2, 0) is 9.47 Å². The van der Waals surface area contributed by atoms with E-state index in [1.807, 2.05) is 20.8 Å². The van der Waals surface area contributed by atoms with Crippen LogP contribution in [0.3, 0.4) is 0 Å². The topological polar surface area (TPSA) is 21.7 Å². The Labute approximate surface area is 102 Å². The molecular formula is C12H23F2NO2. The van der Waals surface area contributed by atoms with Crippen molar-refractivity contribution in [2.24, 2.45) is 0 Å². The lowest BCUT2D eigenvalue weighted by Gasteiger charge is -2.32. The fourth-order valence-electron chi connectivity index (χ4n) is 2.50. The molecule has 0 bridgehead atoms. The Bertz CT molecular complexity index is 217. The van der Waals surface area contributed by atoms with Crippen molar-refractivity contribution in [3.05, 3.63) is 0 Å². The lowest BCUT2D eigenvalue weighted by Crippen LogP contribution is -2.45. The van der Waals surface area contributed by atoms with E-state index in [1.165, 1.54) is 0 Å². The van der Waals surface area contributed by atoms with E-state index in [-0.39, 0.29) is 12.1 Å². The Kier molecular flexibility index (Phi) is 6.30. The first-order chi connectivity index (χ1) is 8.10. The number of ether oxygens (including phenoxy) is 2. The van der Waals surface area contributed by atoms with Gasteiger partial charge in [0.2, 0.25) is 0 Å². The average molecular weight is 251 g/mol. The third-order valence-corrected chi connectivity index (χ3v) is 3.25. The molecule has 3 atom stereocenters. The highest BCUT2D eigenvalue weighted by atomic mass is 19.3. The molecule has 1 rings (SSSR count). The van der Waals surface area contributed by atoms with Gasteiger partial charge in [-0.15, -0.1) is 0 Å². The maximum absolute atomic E-state index is 12.3. The molecule has 102 valence electrons. The SMILES string of the molecule is CCCO[C@@H](C)[C@@H]1[C@@H](OC(F)F)CCN1CC. The Hall–Kier alpha value is -0.260. The number of nitrogens with zero attached hydrogens (tertiary/aromatic N) is 1. The van der Waals surface area contributed by atoms with Crippen LogP contribution >= 0.6 is 0 Å². The third kappa shape index (κ3) is 4.16. The molecule has 0 spiro atoms. The smallest absolute Gasteiger partial charge is 0.345 e. The summed E-state index contributed by atoms with van der Waals surface area (Å²) in [5.41, 5.74) is 0. The summed E-state index contributed by atoms with van der Waals surface area (Å²) in [6.45, 7) is 5.62. The van der Waals surface area contributed by atoms with E-state index in [0.717, 1.165) is 19.5 Å². The highest BCUT2D eigenvalue weighted by Gasteiger charge is 2.39. The maximum atomic E-state index is 12.3. The van der Waals surface area contributed by atoms with Crippen LogP contribution in [0.25, 0.3) is 0 Å². The number of alkyl halides is 2. The number of rotatable bonds is 7. The average Bonchev–Trinajstić information content (AvgIpc) is 2.67. The minimum atomic E-state index is -2.70. The van der Waals surface area contributed by atoms with Crippen molar-refractivity contribution < 1.29 is 18.3 Å². The van der Waals surface area contributed by atoms with Gasteiger partial charge in [0.1, 0.15) is 0 Å². The zero-order valence-corrected chi connectivity index (χ0v) is 10.9. The lowest BCUT2D eigenvalue weighted by atomic mass is 10.1. The molecule has 0 aromatic rings. The molecule has 0 N–H and O–H groups in total. The molecule has 0 amide bonds. The number of likely N-dealkylation sites (N-methyl/N-ethyl adjacent to an activating group) is 1. The van der Waals surface area contributed by atoms with Crippen LogP contribution in [0.1, 0.15) is 33.6 Å². The molecule has 0 saturated carbocycles. The van der Waals surface area contributed by atoms with Crippen LogP contribution in [0.2, 0.25) is 0 Å². The molecule has 1 saturated heterocycles. The Balaban J connectivity index is 2.58. The molecule has 1 aliphatic rings. The van der Waals surface area contributed by atoms with Crippen molar-refractivity contribution in [1.29, 1.82) is 0 Å². The monoisotopic (exact) mass is 251 g/mol. The van der Waals surface area contributed by atoms with Crippen LogP contribution in [0.15, 0.2) is 0 Å². The van der Waals surface area contributed by atoms with Crippen LogP contribution < -0.4 is 0 Å². The van der Waals surface area contributed by atoms with Crippen molar-refractivity contribution >= 4 is 0 Å². The Morgan fingerprint density at radius 2 is 2.06 bits per heavy atom. The lowest BCUT2D eigenvalue weighted by molar-refractivity contribution is -0.177. The van der Waals surface area contributed by atoms with Crippen LogP contribution in [-0.4, -0.2) is 49.5 Å². The second-order valence-electron chi connectivity index (χ2n) is 4.42. The van der Waals surface area contributed by atoms with Gasteiger partial charge in [0, 0.05) is 13.2 Å². The molecule has 1 aliphatic heterocycles. The summed E-state index contributed by atoms with van der Waals surface area (Å²) in [7, 11) is 0. The molecule has 0 aromatic heterocycles. The molecule has 5 heteroatoms. The van der Waals surface area contributed by atoms with E-state index in [1.54, 1.807) is 0 Å².